The molecule has 7 heteroatoms. The number of carbonyl (C=O) groups is 4. The van der Waals surface area contributed by atoms with Crippen LogP contribution >= 0.6 is 0 Å². The predicted octanol–water partition coefficient (Wildman–Crippen LogP) is 3.50. The number of anilines is 1. The number of unbranched alkanes of at least 4 members (excludes halogenated alkanes) is 4. The molecule has 7 nitrogen and oxygen atoms in total. The molecule has 1 aliphatic rings. The van der Waals surface area contributed by atoms with Gasteiger partial charge < -0.3 is 10.6 Å². The molecule has 0 aliphatic carbocycles. The van der Waals surface area contributed by atoms with Gasteiger partial charge in [0.2, 0.25) is 5.91 Å². The number of Topliss-reactive ketones (excluding diaryl/α,β-unsaturated/α-hetero) is 1. The zero-order chi connectivity index (χ0) is 20.7. The molecule has 1 unspecified atom stereocenters. The van der Waals surface area contributed by atoms with Crippen LogP contribution < -0.4 is 10.6 Å². The van der Waals surface area contributed by atoms with Crippen LogP contribution in [0.15, 0.2) is 24.3 Å². The Morgan fingerprint density at radius 3 is 2.54 bits per heavy atom. The third-order valence-corrected chi connectivity index (χ3v) is 4.98. The van der Waals surface area contributed by atoms with Gasteiger partial charge in [0.15, 0.2) is 5.78 Å². The lowest BCUT2D eigenvalue weighted by Gasteiger charge is -2.21. The van der Waals surface area contributed by atoms with Gasteiger partial charge in [-0.1, -0.05) is 51.2 Å². The normalized spacial score (nSPS) is 18.9. The number of nitrogens with one attached hydrogen (secondary N) is 2. The van der Waals surface area contributed by atoms with Gasteiger partial charge in [-0.2, -0.15) is 0 Å². The van der Waals surface area contributed by atoms with E-state index < -0.39 is 17.5 Å². The Labute approximate surface area is 165 Å². The Morgan fingerprint density at radius 2 is 1.86 bits per heavy atom. The second-order valence-corrected chi connectivity index (χ2v) is 7.50. The molecule has 0 radical (unpaired) electrons. The molecular weight excluding hydrogens is 358 g/mol. The Bertz CT molecular complexity index is 762. The van der Waals surface area contributed by atoms with E-state index in [-0.39, 0.29) is 18.2 Å². The van der Waals surface area contributed by atoms with Crippen molar-refractivity contribution in [1.29, 1.82) is 0 Å². The minimum absolute atomic E-state index is 0.111. The van der Waals surface area contributed by atoms with Gasteiger partial charge in [0.1, 0.15) is 12.1 Å². The largest absolute Gasteiger partial charge is 0.325 e. The third kappa shape index (κ3) is 5.41. The van der Waals surface area contributed by atoms with Crippen molar-refractivity contribution in [2.24, 2.45) is 0 Å². The van der Waals surface area contributed by atoms with Gasteiger partial charge in [0.25, 0.3) is 5.91 Å². The zero-order valence-electron chi connectivity index (χ0n) is 16.8. The molecule has 1 saturated heterocycles. The summed E-state index contributed by atoms with van der Waals surface area (Å²) >= 11 is 0. The smallest absolute Gasteiger partial charge is 0.325 e. The van der Waals surface area contributed by atoms with Crippen molar-refractivity contribution in [2.75, 3.05) is 11.9 Å². The van der Waals surface area contributed by atoms with Crippen LogP contribution in [0.3, 0.4) is 0 Å². The fourth-order valence-electron chi connectivity index (χ4n) is 3.30. The van der Waals surface area contributed by atoms with E-state index in [1.807, 2.05) is 0 Å². The van der Waals surface area contributed by atoms with Gasteiger partial charge in [-0.3, -0.25) is 19.3 Å². The number of hydrogen-bond donors (Lipinski definition) is 2. The topological polar surface area (TPSA) is 95.6 Å². The summed E-state index contributed by atoms with van der Waals surface area (Å²) in [4.78, 5) is 49.7. The Balaban J connectivity index is 1.93. The summed E-state index contributed by atoms with van der Waals surface area (Å²) < 4.78 is 0. The van der Waals surface area contributed by atoms with Crippen LogP contribution in [0.1, 0.15) is 69.7 Å². The Hall–Kier alpha value is -2.70. The van der Waals surface area contributed by atoms with E-state index in [2.05, 4.69) is 17.6 Å². The zero-order valence-corrected chi connectivity index (χ0v) is 16.8. The van der Waals surface area contributed by atoms with E-state index in [0.29, 0.717) is 17.7 Å². The summed E-state index contributed by atoms with van der Waals surface area (Å²) in [5, 5.41) is 5.36. The van der Waals surface area contributed by atoms with Crippen molar-refractivity contribution in [1.82, 2.24) is 10.2 Å². The number of benzene rings is 1. The van der Waals surface area contributed by atoms with E-state index in [9.17, 15) is 19.2 Å². The third-order valence-electron chi connectivity index (χ3n) is 4.98. The maximum Gasteiger partial charge on any atom is 0.325 e. The van der Waals surface area contributed by atoms with Crippen LogP contribution in [0.4, 0.5) is 10.5 Å². The van der Waals surface area contributed by atoms with Crippen LogP contribution in [0.2, 0.25) is 0 Å². The molecular formula is C21H29N3O4. The standard InChI is InChI=1S/C21H29N3O4/c1-4-5-6-7-8-12-21(3)19(27)24(20(28)23-21)14-18(26)22-17-11-9-10-16(13-17)15(2)25/h9-11,13H,4-8,12,14H2,1-3H3,(H,22,26)(H,23,28). The SMILES string of the molecule is CCCCCCCC1(C)NC(=O)N(CC(=O)Nc2cccc(C(C)=O)c2)C1=O. The molecule has 1 aromatic rings. The van der Waals surface area contributed by atoms with E-state index in [1.165, 1.54) is 6.92 Å². The van der Waals surface area contributed by atoms with Gasteiger partial charge in [-0.05, 0) is 32.4 Å². The van der Waals surface area contributed by atoms with E-state index in [1.54, 1.807) is 31.2 Å². The van der Waals surface area contributed by atoms with Crippen LogP contribution in [-0.2, 0) is 9.59 Å². The number of hydrogen-bond acceptors (Lipinski definition) is 4. The molecule has 1 aliphatic heterocycles. The molecule has 0 spiro atoms. The first-order valence-electron chi connectivity index (χ1n) is 9.82. The summed E-state index contributed by atoms with van der Waals surface area (Å²) in [6, 6.07) is 5.98. The molecule has 28 heavy (non-hydrogen) atoms. The fourth-order valence-corrected chi connectivity index (χ4v) is 3.30. The predicted molar refractivity (Wildman–Crippen MR) is 107 cm³/mol. The first kappa shape index (κ1) is 21.6. The lowest BCUT2D eigenvalue weighted by atomic mass is 9.94. The van der Waals surface area contributed by atoms with E-state index in [4.69, 9.17) is 0 Å². The fraction of sp³-hybridized carbons (Fsp3) is 0.524. The van der Waals surface area contributed by atoms with E-state index >= 15 is 0 Å². The minimum atomic E-state index is -0.960. The lowest BCUT2D eigenvalue weighted by Crippen LogP contribution is -2.44. The van der Waals surface area contributed by atoms with Crippen molar-refractivity contribution >= 4 is 29.3 Å². The number of urea groups is 1. The monoisotopic (exact) mass is 387 g/mol. The van der Waals surface area contributed by atoms with Crippen LogP contribution in [0, 0.1) is 0 Å². The molecule has 0 bridgehead atoms. The van der Waals surface area contributed by atoms with Crippen molar-refractivity contribution < 1.29 is 19.2 Å². The first-order valence-corrected chi connectivity index (χ1v) is 9.82. The minimum Gasteiger partial charge on any atom is -0.325 e. The summed E-state index contributed by atoms with van der Waals surface area (Å²) in [6.07, 6.45) is 5.83. The van der Waals surface area contributed by atoms with E-state index in [0.717, 1.165) is 37.0 Å². The first-order chi connectivity index (χ1) is 13.3. The Kier molecular flexibility index (Phi) is 7.31. The van der Waals surface area contributed by atoms with Gasteiger partial charge in [-0.25, -0.2) is 4.79 Å². The maximum atomic E-state index is 12.7. The second-order valence-electron chi connectivity index (χ2n) is 7.50. The highest BCUT2D eigenvalue weighted by molar-refractivity contribution is 6.10. The average Bonchev–Trinajstić information content (AvgIpc) is 2.85. The molecule has 1 aromatic carbocycles. The number of carbonyl (C=O) groups excluding carboxylic acids is 4. The van der Waals surface area contributed by atoms with Crippen molar-refractivity contribution in [3.8, 4) is 0 Å². The summed E-state index contributed by atoms with van der Waals surface area (Å²) in [6.45, 7) is 4.93. The molecule has 4 amide bonds. The van der Waals surface area contributed by atoms with Crippen LogP contribution in [0.5, 0.6) is 0 Å². The maximum absolute atomic E-state index is 12.7. The van der Waals surface area contributed by atoms with Crippen molar-refractivity contribution in [3.05, 3.63) is 29.8 Å². The molecule has 152 valence electrons. The van der Waals surface area contributed by atoms with Gasteiger partial charge >= 0.3 is 6.03 Å². The number of rotatable bonds is 10. The van der Waals surface area contributed by atoms with Gasteiger partial charge in [0.05, 0.1) is 0 Å². The molecule has 2 rings (SSSR count). The number of nitrogens with zero attached hydrogens (tertiary/aromatic N) is 1. The summed E-state index contributed by atoms with van der Waals surface area (Å²) in [5.74, 6) is -0.975. The number of imide groups is 1. The highest BCUT2D eigenvalue weighted by atomic mass is 16.2. The Morgan fingerprint density at radius 1 is 1.14 bits per heavy atom. The molecule has 1 atom stereocenters. The second kappa shape index (κ2) is 9.48. The molecule has 1 fully saturated rings. The average molecular weight is 387 g/mol. The van der Waals surface area contributed by atoms with Crippen LogP contribution in [0.25, 0.3) is 0 Å². The van der Waals surface area contributed by atoms with Crippen molar-refractivity contribution in [3.63, 3.8) is 0 Å². The van der Waals surface area contributed by atoms with Gasteiger partial charge in [0, 0.05) is 11.3 Å². The van der Waals surface area contributed by atoms with Crippen molar-refractivity contribution in [2.45, 2.75) is 64.8 Å². The highest BCUT2D eigenvalue weighted by Gasteiger charge is 2.47. The summed E-state index contributed by atoms with van der Waals surface area (Å²) in [7, 11) is 0. The molecule has 1 heterocycles. The molecule has 2 N–H and O–H groups in total. The highest BCUT2D eigenvalue weighted by Crippen LogP contribution is 2.24. The quantitative estimate of drug-likeness (QED) is 0.365. The number of amides is 4. The molecule has 0 aromatic heterocycles. The summed E-state index contributed by atoms with van der Waals surface area (Å²) in [5.41, 5.74) is -0.0372. The lowest BCUT2D eigenvalue weighted by molar-refractivity contribution is -0.133. The number of ketones is 1. The van der Waals surface area contributed by atoms with Crippen LogP contribution in [-0.4, -0.2) is 40.6 Å². The molecule has 0 saturated carbocycles. The van der Waals surface area contributed by atoms with Gasteiger partial charge in [-0.15, -0.1) is 0 Å².